The van der Waals surface area contributed by atoms with Gasteiger partial charge < -0.3 is 19.7 Å². The molecule has 144 valence electrons. The van der Waals surface area contributed by atoms with Gasteiger partial charge in [-0.2, -0.15) is 0 Å². The Morgan fingerprint density at radius 2 is 1.81 bits per heavy atom. The Morgan fingerprint density at radius 1 is 1.15 bits per heavy atom. The molecule has 1 aliphatic heterocycles. The van der Waals surface area contributed by atoms with E-state index in [4.69, 9.17) is 14.6 Å². The monoisotopic (exact) mass is 391 g/mol. The number of methoxy groups -OCH3 is 1. The summed E-state index contributed by atoms with van der Waals surface area (Å²) >= 11 is 0. The number of carbonyl (C=O) groups excluding carboxylic acids is 1. The molecule has 27 heavy (non-hydrogen) atoms. The van der Waals surface area contributed by atoms with Gasteiger partial charge in [0, 0.05) is 30.0 Å². The van der Waals surface area contributed by atoms with Crippen LogP contribution in [0.1, 0.15) is 10.4 Å². The van der Waals surface area contributed by atoms with Crippen molar-refractivity contribution in [1.29, 1.82) is 0 Å². The fourth-order valence-corrected chi connectivity index (χ4v) is 3.54. The van der Waals surface area contributed by atoms with Gasteiger partial charge in [0.15, 0.2) is 0 Å². The lowest BCUT2D eigenvalue weighted by Crippen LogP contribution is -2.36. The van der Waals surface area contributed by atoms with E-state index >= 15 is 0 Å². The first-order valence-corrected chi connectivity index (χ1v) is 9.88. The lowest BCUT2D eigenvalue weighted by atomic mass is 10.2. The van der Waals surface area contributed by atoms with Crippen molar-refractivity contribution in [3.8, 4) is 5.75 Å². The number of benzene rings is 2. The third-order valence-corrected chi connectivity index (χ3v) is 5.17. The van der Waals surface area contributed by atoms with Crippen LogP contribution in [-0.4, -0.2) is 47.7 Å². The molecule has 1 fully saturated rings. The number of rotatable bonds is 5. The Morgan fingerprint density at radius 3 is 2.41 bits per heavy atom. The summed E-state index contributed by atoms with van der Waals surface area (Å²) in [5, 5.41) is 7.94. The van der Waals surface area contributed by atoms with Gasteiger partial charge in [-0.15, -0.1) is 0 Å². The third kappa shape index (κ3) is 4.57. The van der Waals surface area contributed by atoms with Crippen molar-refractivity contribution in [2.24, 2.45) is 5.14 Å². The van der Waals surface area contributed by atoms with E-state index in [2.05, 4.69) is 10.2 Å². The van der Waals surface area contributed by atoms with Crippen LogP contribution >= 0.6 is 0 Å². The number of carbonyl (C=O) groups is 1. The first-order chi connectivity index (χ1) is 12.9. The zero-order chi connectivity index (χ0) is 19.4. The number of nitrogens with one attached hydrogen (secondary N) is 1. The standard InChI is InChI=1S/C18H21N3O5S/c1-25-16-7-2-13(12-17(16)27(19,23)24)18(22)20-14-3-5-15(6-4-14)21-8-10-26-11-9-21/h2-7,12H,8-11H2,1H3,(H,20,22)(H2,19,23,24). The molecule has 1 aliphatic rings. The molecule has 0 bridgehead atoms. The predicted octanol–water partition coefficient (Wildman–Crippen LogP) is 1.43. The van der Waals surface area contributed by atoms with Crippen LogP contribution in [0.3, 0.4) is 0 Å². The third-order valence-electron chi connectivity index (χ3n) is 4.23. The largest absolute Gasteiger partial charge is 0.495 e. The quantitative estimate of drug-likeness (QED) is 0.798. The summed E-state index contributed by atoms with van der Waals surface area (Å²) in [5.41, 5.74) is 1.82. The highest BCUT2D eigenvalue weighted by Crippen LogP contribution is 2.25. The summed E-state index contributed by atoms with van der Waals surface area (Å²) < 4.78 is 33.7. The zero-order valence-electron chi connectivity index (χ0n) is 14.8. The van der Waals surface area contributed by atoms with Crippen LogP contribution in [0, 0.1) is 0 Å². The fraction of sp³-hybridized carbons (Fsp3) is 0.278. The molecule has 0 unspecified atom stereocenters. The molecule has 3 N–H and O–H groups in total. The summed E-state index contributed by atoms with van der Waals surface area (Å²) in [5.74, 6) is -0.356. The number of primary sulfonamides is 1. The maximum atomic E-state index is 12.5. The van der Waals surface area contributed by atoms with E-state index in [-0.39, 0.29) is 16.2 Å². The molecule has 1 amide bonds. The van der Waals surface area contributed by atoms with Crippen LogP contribution < -0.4 is 20.1 Å². The second kappa shape index (κ2) is 7.95. The van der Waals surface area contributed by atoms with E-state index in [1.54, 1.807) is 12.1 Å². The molecule has 0 saturated carbocycles. The molecule has 2 aromatic rings. The molecule has 3 rings (SSSR count). The van der Waals surface area contributed by atoms with Crippen molar-refractivity contribution in [3.63, 3.8) is 0 Å². The molecule has 8 nitrogen and oxygen atoms in total. The van der Waals surface area contributed by atoms with Crippen molar-refractivity contribution in [2.75, 3.05) is 43.6 Å². The van der Waals surface area contributed by atoms with E-state index in [1.807, 2.05) is 12.1 Å². The normalized spacial score (nSPS) is 14.7. The van der Waals surface area contributed by atoms with E-state index < -0.39 is 15.9 Å². The van der Waals surface area contributed by atoms with Crippen molar-refractivity contribution in [1.82, 2.24) is 0 Å². The van der Waals surface area contributed by atoms with E-state index in [0.29, 0.717) is 18.9 Å². The van der Waals surface area contributed by atoms with Crippen LogP contribution in [0.2, 0.25) is 0 Å². The molecule has 0 aromatic heterocycles. The van der Waals surface area contributed by atoms with Crippen LogP contribution in [0.4, 0.5) is 11.4 Å². The summed E-state index contributed by atoms with van der Waals surface area (Å²) in [6.07, 6.45) is 0. The Kier molecular flexibility index (Phi) is 5.64. The molecule has 0 aliphatic carbocycles. The number of amides is 1. The summed E-state index contributed by atoms with van der Waals surface area (Å²) in [4.78, 5) is 14.4. The number of ether oxygens (including phenoxy) is 2. The van der Waals surface area contributed by atoms with Crippen molar-refractivity contribution >= 4 is 27.3 Å². The molecular weight excluding hydrogens is 370 g/mol. The van der Waals surface area contributed by atoms with Gasteiger partial charge in [-0.25, -0.2) is 13.6 Å². The van der Waals surface area contributed by atoms with Gasteiger partial charge >= 0.3 is 0 Å². The highest BCUT2D eigenvalue weighted by Gasteiger charge is 2.18. The van der Waals surface area contributed by atoms with Crippen LogP contribution in [-0.2, 0) is 14.8 Å². The minimum absolute atomic E-state index is 0.0870. The molecule has 0 spiro atoms. The second-order valence-electron chi connectivity index (χ2n) is 6.01. The minimum Gasteiger partial charge on any atom is -0.495 e. The van der Waals surface area contributed by atoms with Gasteiger partial charge in [0.2, 0.25) is 10.0 Å². The molecule has 2 aromatic carbocycles. The van der Waals surface area contributed by atoms with E-state index in [9.17, 15) is 13.2 Å². The van der Waals surface area contributed by atoms with Gasteiger partial charge in [0.05, 0.1) is 20.3 Å². The number of morpholine rings is 1. The molecule has 0 atom stereocenters. The highest BCUT2D eigenvalue weighted by atomic mass is 32.2. The number of anilines is 2. The number of nitrogens with two attached hydrogens (primary N) is 1. The average molecular weight is 391 g/mol. The summed E-state index contributed by atoms with van der Waals surface area (Å²) in [6.45, 7) is 3.05. The number of nitrogens with zero attached hydrogens (tertiary/aromatic N) is 1. The predicted molar refractivity (Wildman–Crippen MR) is 102 cm³/mol. The average Bonchev–Trinajstić information content (AvgIpc) is 2.68. The van der Waals surface area contributed by atoms with Crippen LogP contribution in [0.25, 0.3) is 0 Å². The summed E-state index contributed by atoms with van der Waals surface area (Å²) in [6, 6.07) is 11.5. The molecule has 9 heteroatoms. The minimum atomic E-state index is -4.01. The SMILES string of the molecule is COc1ccc(C(=O)Nc2ccc(N3CCOCC3)cc2)cc1S(N)(=O)=O. The number of hydrogen-bond donors (Lipinski definition) is 2. The maximum Gasteiger partial charge on any atom is 0.255 e. The highest BCUT2D eigenvalue weighted by molar-refractivity contribution is 7.89. The first-order valence-electron chi connectivity index (χ1n) is 8.33. The topological polar surface area (TPSA) is 111 Å². The molecule has 1 heterocycles. The smallest absolute Gasteiger partial charge is 0.255 e. The second-order valence-corrected chi connectivity index (χ2v) is 7.54. The van der Waals surface area contributed by atoms with E-state index in [1.165, 1.54) is 25.3 Å². The summed E-state index contributed by atoms with van der Waals surface area (Å²) in [7, 11) is -2.68. The maximum absolute atomic E-state index is 12.5. The Labute approximate surface area is 157 Å². The Hall–Kier alpha value is -2.62. The number of sulfonamides is 1. The van der Waals surface area contributed by atoms with Crippen molar-refractivity contribution in [3.05, 3.63) is 48.0 Å². The number of hydrogen-bond acceptors (Lipinski definition) is 6. The molecular formula is C18H21N3O5S. The lowest BCUT2D eigenvalue weighted by Gasteiger charge is -2.28. The Bertz CT molecular complexity index is 923. The van der Waals surface area contributed by atoms with Gasteiger partial charge in [-0.3, -0.25) is 4.79 Å². The first kappa shape index (κ1) is 19.2. The van der Waals surface area contributed by atoms with Crippen LogP contribution in [0.15, 0.2) is 47.4 Å². The molecule has 1 saturated heterocycles. The fourth-order valence-electron chi connectivity index (χ4n) is 2.82. The zero-order valence-corrected chi connectivity index (χ0v) is 15.7. The van der Waals surface area contributed by atoms with Gasteiger partial charge in [0.25, 0.3) is 5.91 Å². The van der Waals surface area contributed by atoms with Gasteiger partial charge in [0.1, 0.15) is 10.6 Å². The lowest BCUT2D eigenvalue weighted by molar-refractivity contribution is 0.102. The van der Waals surface area contributed by atoms with Crippen LogP contribution in [0.5, 0.6) is 5.75 Å². The van der Waals surface area contributed by atoms with Crippen molar-refractivity contribution < 1.29 is 22.7 Å². The Balaban J connectivity index is 1.75. The van der Waals surface area contributed by atoms with Crippen molar-refractivity contribution in [2.45, 2.75) is 4.90 Å². The van der Waals surface area contributed by atoms with E-state index in [0.717, 1.165) is 18.8 Å². The van der Waals surface area contributed by atoms with Gasteiger partial charge in [-0.05, 0) is 42.5 Å². The van der Waals surface area contributed by atoms with Gasteiger partial charge in [-0.1, -0.05) is 0 Å². The molecule has 0 radical (unpaired) electrons.